The summed E-state index contributed by atoms with van der Waals surface area (Å²) in [7, 11) is 0. The van der Waals surface area contributed by atoms with Crippen LogP contribution in [0.5, 0.6) is 0 Å². The topological polar surface area (TPSA) is 60.9 Å². The third kappa shape index (κ3) is 3.05. The molecule has 1 unspecified atom stereocenters. The number of aromatic amines is 1. The van der Waals surface area contributed by atoms with Crippen LogP contribution < -0.4 is 5.32 Å². The van der Waals surface area contributed by atoms with Crippen molar-refractivity contribution in [2.45, 2.75) is 32.4 Å². The van der Waals surface area contributed by atoms with Crippen molar-refractivity contribution >= 4 is 11.0 Å². The standard InChI is InChI=1S/C13H19N3O/c1-10(4-3-7-17)15-8-11-9-16-13-12(11)5-2-6-14-13/h2,5-6,9-10,15,17H,3-4,7-8H2,1H3,(H,14,16). The van der Waals surface area contributed by atoms with Crippen molar-refractivity contribution in [2.24, 2.45) is 0 Å². The molecule has 17 heavy (non-hydrogen) atoms. The molecule has 0 aliphatic rings. The Kier molecular flexibility index (Phi) is 4.12. The molecule has 2 heterocycles. The minimum atomic E-state index is 0.267. The number of H-pyrrole nitrogens is 1. The van der Waals surface area contributed by atoms with Gasteiger partial charge in [0.2, 0.25) is 0 Å². The summed E-state index contributed by atoms with van der Waals surface area (Å²) in [5.41, 5.74) is 2.18. The molecule has 2 aromatic heterocycles. The number of hydrogen-bond donors (Lipinski definition) is 3. The SMILES string of the molecule is CC(CCCO)NCc1c[nH]c2ncccc12. The largest absolute Gasteiger partial charge is 0.396 e. The minimum Gasteiger partial charge on any atom is -0.396 e. The van der Waals surface area contributed by atoms with Gasteiger partial charge in [0.15, 0.2) is 0 Å². The summed E-state index contributed by atoms with van der Waals surface area (Å²) in [6.45, 7) is 3.24. The van der Waals surface area contributed by atoms with Gasteiger partial charge in [-0.05, 0) is 37.5 Å². The van der Waals surface area contributed by atoms with Crippen LogP contribution >= 0.6 is 0 Å². The molecular weight excluding hydrogens is 214 g/mol. The van der Waals surface area contributed by atoms with Crippen LogP contribution in [0.15, 0.2) is 24.5 Å². The van der Waals surface area contributed by atoms with E-state index in [-0.39, 0.29) is 6.61 Å². The lowest BCUT2D eigenvalue weighted by molar-refractivity contribution is 0.276. The quantitative estimate of drug-likeness (QED) is 0.713. The lowest BCUT2D eigenvalue weighted by Crippen LogP contribution is -2.25. The van der Waals surface area contributed by atoms with Crippen molar-refractivity contribution in [2.75, 3.05) is 6.61 Å². The molecule has 92 valence electrons. The Hall–Kier alpha value is -1.39. The van der Waals surface area contributed by atoms with E-state index in [2.05, 4.69) is 28.3 Å². The monoisotopic (exact) mass is 233 g/mol. The predicted molar refractivity (Wildman–Crippen MR) is 68.7 cm³/mol. The van der Waals surface area contributed by atoms with Crippen molar-refractivity contribution in [3.05, 3.63) is 30.1 Å². The zero-order valence-corrected chi connectivity index (χ0v) is 10.1. The van der Waals surface area contributed by atoms with Crippen molar-refractivity contribution in [3.63, 3.8) is 0 Å². The molecule has 0 fully saturated rings. The number of nitrogens with zero attached hydrogens (tertiary/aromatic N) is 1. The Morgan fingerprint density at radius 3 is 3.24 bits per heavy atom. The molecule has 2 aromatic rings. The van der Waals surface area contributed by atoms with E-state index in [1.54, 1.807) is 6.20 Å². The van der Waals surface area contributed by atoms with Crippen molar-refractivity contribution in [1.82, 2.24) is 15.3 Å². The Bertz CT molecular complexity index is 466. The number of aliphatic hydroxyl groups is 1. The van der Waals surface area contributed by atoms with E-state index in [1.807, 2.05) is 12.3 Å². The molecule has 2 rings (SSSR count). The fraction of sp³-hybridized carbons (Fsp3) is 0.462. The summed E-state index contributed by atoms with van der Waals surface area (Å²) in [5.74, 6) is 0. The molecule has 0 aliphatic carbocycles. The average Bonchev–Trinajstić information content (AvgIpc) is 2.77. The first-order valence-electron chi connectivity index (χ1n) is 6.06. The van der Waals surface area contributed by atoms with Crippen molar-refractivity contribution in [1.29, 1.82) is 0 Å². The van der Waals surface area contributed by atoms with Gasteiger partial charge in [-0.25, -0.2) is 4.98 Å². The van der Waals surface area contributed by atoms with Crippen molar-refractivity contribution in [3.8, 4) is 0 Å². The van der Waals surface area contributed by atoms with Gasteiger partial charge in [-0.2, -0.15) is 0 Å². The second-order valence-corrected chi connectivity index (χ2v) is 4.36. The lowest BCUT2D eigenvalue weighted by Gasteiger charge is -2.12. The number of hydrogen-bond acceptors (Lipinski definition) is 3. The van der Waals surface area contributed by atoms with Gasteiger partial charge in [0.1, 0.15) is 5.65 Å². The van der Waals surface area contributed by atoms with E-state index in [9.17, 15) is 0 Å². The maximum absolute atomic E-state index is 8.77. The fourth-order valence-electron chi connectivity index (χ4n) is 1.94. The highest BCUT2D eigenvalue weighted by atomic mass is 16.2. The zero-order valence-electron chi connectivity index (χ0n) is 10.1. The number of nitrogens with one attached hydrogen (secondary N) is 2. The van der Waals surface area contributed by atoms with E-state index in [1.165, 1.54) is 10.9 Å². The second kappa shape index (κ2) is 5.80. The van der Waals surface area contributed by atoms with E-state index < -0.39 is 0 Å². The molecule has 0 aromatic carbocycles. The first-order chi connectivity index (χ1) is 8.31. The maximum atomic E-state index is 8.77. The summed E-state index contributed by atoms with van der Waals surface area (Å²) >= 11 is 0. The Morgan fingerprint density at radius 1 is 1.53 bits per heavy atom. The number of aromatic nitrogens is 2. The molecule has 0 saturated carbocycles. The van der Waals surface area contributed by atoms with Gasteiger partial charge in [-0.1, -0.05) is 0 Å². The molecule has 0 aliphatic heterocycles. The van der Waals surface area contributed by atoms with Gasteiger partial charge in [-0.15, -0.1) is 0 Å². The van der Waals surface area contributed by atoms with Gasteiger partial charge in [0.05, 0.1) is 0 Å². The van der Waals surface area contributed by atoms with E-state index in [4.69, 9.17) is 5.11 Å². The summed E-state index contributed by atoms with van der Waals surface area (Å²) in [4.78, 5) is 7.43. The van der Waals surface area contributed by atoms with E-state index in [0.717, 1.165) is 25.0 Å². The summed E-state index contributed by atoms with van der Waals surface area (Å²) < 4.78 is 0. The molecule has 4 nitrogen and oxygen atoms in total. The van der Waals surface area contributed by atoms with Crippen LogP contribution in [-0.4, -0.2) is 27.7 Å². The van der Waals surface area contributed by atoms with Gasteiger partial charge in [-0.3, -0.25) is 0 Å². The van der Waals surface area contributed by atoms with Crippen LogP contribution in [0.4, 0.5) is 0 Å². The molecule has 1 atom stereocenters. The van der Waals surface area contributed by atoms with Crippen LogP contribution in [0.25, 0.3) is 11.0 Å². The normalized spacial score (nSPS) is 13.1. The Labute approximate surface area is 101 Å². The molecule has 4 heteroatoms. The summed E-state index contributed by atoms with van der Waals surface area (Å²) in [5, 5.41) is 13.4. The average molecular weight is 233 g/mol. The fourth-order valence-corrected chi connectivity index (χ4v) is 1.94. The first kappa shape index (κ1) is 12.1. The smallest absolute Gasteiger partial charge is 0.137 e. The molecular formula is C13H19N3O. The summed E-state index contributed by atoms with van der Waals surface area (Å²) in [6.07, 6.45) is 5.64. The lowest BCUT2D eigenvalue weighted by atomic mass is 10.1. The highest BCUT2D eigenvalue weighted by Gasteiger charge is 2.05. The molecule has 0 amide bonds. The molecule has 0 spiro atoms. The molecule has 0 saturated heterocycles. The Balaban J connectivity index is 1.95. The highest BCUT2D eigenvalue weighted by Crippen LogP contribution is 2.15. The predicted octanol–water partition coefficient (Wildman–Crippen LogP) is 1.81. The summed E-state index contributed by atoms with van der Waals surface area (Å²) in [6, 6.07) is 4.45. The molecule has 0 bridgehead atoms. The molecule has 0 radical (unpaired) electrons. The zero-order chi connectivity index (χ0) is 12.1. The van der Waals surface area contributed by atoms with Crippen LogP contribution in [0.1, 0.15) is 25.3 Å². The van der Waals surface area contributed by atoms with Gasteiger partial charge >= 0.3 is 0 Å². The highest BCUT2D eigenvalue weighted by molar-refractivity contribution is 5.79. The number of rotatable bonds is 6. The van der Waals surface area contributed by atoms with Gasteiger partial charge in [0.25, 0.3) is 0 Å². The van der Waals surface area contributed by atoms with Crippen LogP contribution in [0, 0.1) is 0 Å². The molecule has 3 N–H and O–H groups in total. The third-order valence-electron chi connectivity index (χ3n) is 2.97. The van der Waals surface area contributed by atoms with E-state index >= 15 is 0 Å². The van der Waals surface area contributed by atoms with Gasteiger partial charge < -0.3 is 15.4 Å². The van der Waals surface area contributed by atoms with Gasteiger partial charge in [0, 0.05) is 37.0 Å². The van der Waals surface area contributed by atoms with Crippen LogP contribution in [0.2, 0.25) is 0 Å². The van der Waals surface area contributed by atoms with Crippen LogP contribution in [0.3, 0.4) is 0 Å². The number of pyridine rings is 1. The third-order valence-corrected chi connectivity index (χ3v) is 2.97. The maximum Gasteiger partial charge on any atom is 0.137 e. The van der Waals surface area contributed by atoms with E-state index in [0.29, 0.717) is 6.04 Å². The second-order valence-electron chi connectivity index (χ2n) is 4.36. The Morgan fingerprint density at radius 2 is 2.41 bits per heavy atom. The van der Waals surface area contributed by atoms with Crippen LogP contribution in [-0.2, 0) is 6.54 Å². The first-order valence-corrected chi connectivity index (χ1v) is 6.06. The van der Waals surface area contributed by atoms with Crippen molar-refractivity contribution < 1.29 is 5.11 Å². The number of fused-ring (bicyclic) bond motifs is 1. The minimum absolute atomic E-state index is 0.267. The number of aliphatic hydroxyl groups excluding tert-OH is 1.